The van der Waals surface area contributed by atoms with Crippen molar-refractivity contribution >= 4 is 28.8 Å². The highest BCUT2D eigenvalue weighted by Crippen LogP contribution is 2.23. The van der Waals surface area contributed by atoms with Gasteiger partial charge in [0.25, 0.3) is 0 Å². The average molecular weight is 415 g/mol. The molecule has 0 aliphatic carbocycles. The molecule has 1 aliphatic rings. The first kappa shape index (κ1) is 21.5. The summed E-state index contributed by atoms with van der Waals surface area (Å²) in [6.07, 6.45) is 1.71. The first-order chi connectivity index (χ1) is 14.0. The number of amides is 2. The number of hydrogen-bond donors (Lipinski definition) is 1. The quantitative estimate of drug-likeness (QED) is 0.751. The van der Waals surface area contributed by atoms with Crippen molar-refractivity contribution in [3.05, 3.63) is 45.9 Å². The number of aromatic nitrogens is 1. The first-order valence-corrected chi connectivity index (χ1v) is 11.1. The Kier molecular flexibility index (Phi) is 7.39. The van der Waals surface area contributed by atoms with Crippen molar-refractivity contribution in [2.24, 2.45) is 5.92 Å². The van der Waals surface area contributed by atoms with E-state index in [0.717, 1.165) is 54.4 Å². The van der Waals surface area contributed by atoms with E-state index in [4.69, 9.17) is 0 Å². The van der Waals surface area contributed by atoms with Crippen molar-refractivity contribution in [1.82, 2.24) is 14.8 Å². The van der Waals surface area contributed by atoms with E-state index in [1.54, 1.807) is 23.2 Å². The molecule has 29 heavy (non-hydrogen) atoms. The van der Waals surface area contributed by atoms with E-state index in [9.17, 15) is 9.59 Å². The van der Waals surface area contributed by atoms with Crippen LogP contribution in [-0.2, 0) is 22.7 Å². The normalized spacial score (nSPS) is 15.3. The first-order valence-electron chi connectivity index (χ1n) is 10.2. The molecular weight excluding hydrogens is 384 g/mol. The van der Waals surface area contributed by atoms with Crippen molar-refractivity contribution in [2.45, 2.75) is 46.7 Å². The third-order valence-corrected chi connectivity index (χ3v) is 6.30. The number of thiazole rings is 1. The van der Waals surface area contributed by atoms with Crippen molar-refractivity contribution in [2.75, 3.05) is 25.0 Å². The minimum atomic E-state index is 0.0200. The molecule has 6 nitrogen and oxygen atoms in total. The zero-order valence-corrected chi connectivity index (χ0v) is 18.3. The number of para-hydroxylation sites is 1. The Morgan fingerprint density at radius 3 is 2.62 bits per heavy atom. The molecule has 156 valence electrons. The summed E-state index contributed by atoms with van der Waals surface area (Å²) in [5, 5.41) is 6.32. The molecule has 2 aromatic rings. The molecule has 3 rings (SSSR count). The van der Waals surface area contributed by atoms with Gasteiger partial charge in [0.15, 0.2) is 0 Å². The molecule has 7 heteroatoms. The van der Waals surface area contributed by atoms with E-state index >= 15 is 0 Å². The van der Waals surface area contributed by atoms with E-state index in [2.05, 4.69) is 20.6 Å². The summed E-state index contributed by atoms with van der Waals surface area (Å²) in [7, 11) is 0. The second-order valence-electron chi connectivity index (χ2n) is 7.59. The van der Waals surface area contributed by atoms with Crippen molar-refractivity contribution in [1.29, 1.82) is 0 Å². The number of piperidine rings is 1. The number of rotatable bonds is 7. The average Bonchev–Trinajstić information content (AvgIpc) is 3.12. The fourth-order valence-electron chi connectivity index (χ4n) is 3.73. The minimum absolute atomic E-state index is 0.0200. The smallest absolute Gasteiger partial charge is 0.227 e. The van der Waals surface area contributed by atoms with E-state index in [-0.39, 0.29) is 17.7 Å². The van der Waals surface area contributed by atoms with Crippen LogP contribution in [0.25, 0.3) is 0 Å². The number of nitrogens with one attached hydrogen (secondary N) is 1. The summed E-state index contributed by atoms with van der Waals surface area (Å²) < 4.78 is 0. The molecule has 1 aromatic heterocycles. The van der Waals surface area contributed by atoms with E-state index in [0.29, 0.717) is 13.1 Å². The lowest BCUT2D eigenvalue weighted by Gasteiger charge is -2.31. The summed E-state index contributed by atoms with van der Waals surface area (Å²) >= 11 is 1.68. The van der Waals surface area contributed by atoms with Gasteiger partial charge in [-0.1, -0.05) is 18.2 Å². The largest absolute Gasteiger partial charge is 0.339 e. The monoisotopic (exact) mass is 414 g/mol. The van der Waals surface area contributed by atoms with Gasteiger partial charge in [-0.2, -0.15) is 0 Å². The topological polar surface area (TPSA) is 65.5 Å². The number of likely N-dealkylation sites (tertiary alicyclic amines) is 1. The molecule has 0 radical (unpaired) electrons. The number of anilines is 1. The SMILES string of the molecule is CCN(Cc1ccccc1NC(=O)C1CCN(Cc2csc(C)n2)CC1)C(C)=O. The summed E-state index contributed by atoms with van der Waals surface area (Å²) in [5.74, 6) is 0.135. The lowest BCUT2D eigenvalue weighted by molar-refractivity contribution is -0.129. The van der Waals surface area contributed by atoms with Crippen LogP contribution < -0.4 is 5.32 Å². The Hall–Kier alpha value is -2.25. The molecule has 1 N–H and O–H groups in total. The zero-order chi connectivity index (χ0) is 20.8. The predicted octanol–water partition coefficient (Wildman–Crippen LogP) is 3.67. The molecule has 1 aliphatic heterocycles. The molecule has 1 fully saturated rings. The van der Waals surface area contributed by atoms with Gasteiger partial charge in [-0.05, 0) is 51.4 Å². The summed E-state index contributed by atoms with van der Waals surface area (Å²) in [6.45, 7) is 9.39. The van der Waals surface area contributed by atoms with Gasteiger partial charge in [-0.3, -0.25) is 14.5 Å². The number of carbonyl (C=O) groups excluding carboxylic acids is 2. The summed E-state index contributed by atoms with van der Waals surface area (Å²) in [6, 6.07) is 7.75. The van der Waals surface area contributed by atoms with Crippen LogP contribution in [0.3, 0.4) is 0 Å². The highest BCUT2D eigenvalue weighted by Gasteiger charge is 2.26. The van der Waals surface area contributed by atoms with Crippen LogP contribution in [0.2, 0.25) is 0 Å². The van der Waals surface area contributed by atoms with Gasteiger partial charge in [-0.25, -0.2) is 4.98 Å². The van der Waals surface area contributed by atoms with Gasteiger partial charge in [0, 0.05) is 43.5 Å². The van der Waals surface area contributed by atoms with E-state index in [1.807, 2.05) is 38.1 Å². The number of nitrogens with zero attached hydrogens (tertiary/aromatic N) is 3. The Morgan fingerprint density at radius 1 is 1.28 bits per heavy atom. The van der Waals surface area contributed by atoms with Gasteiger partial charge < -0.3 is 10.2 Å². The van der Waals surface area contributed by atoms with Gasteiger partial charge in [0.1, 0.15) is 0 Å². The third-order valence-electron chi connectivity index (χ3n) is 5.47. The molecule has 0 bridgehead atoms. The maximum Gasteiger partial charge on any atom is 0.227 e. The van der Waals surface area contributed by atoms with Gasteiger partial charge in [0.2, 0.25) is 11.8 Å². The number of carbonyl (C=O) groups is 2. The summed E-state index contributed by atoms with van der Waals surface area (Å²) in [5.41, 5.74) is 2.89. The van der Waals surface area contributed by atoms with Gasteiger partial charge in [0.05, 0.1) is 10.7 Å². The predicted molar refractivity (Wildman–Crippen MR) is 117 cm³/mol. The molecule has 1 saturated heterocycles. The number of hydrogen-bond acceptors (Lipinski definition) is 5. The molecule has 0 atom stereocenters. The second kappa shape index (κ2) is 9.98. The third kappa shape index (κ3) is 5.87. The fourth-order valence-corrected chi connectivity index (χ4v) is 4.33. The zero-order valence-electron chi connectivity index (χ0n) is 17.5. The maximum absolute atomic E-state index is 12.9. The van der Waals surface area contributed by atoms with Gasteiger partial charge in [-0.15, -0.1) is 11.3 Å². The van der Waals surface area contributed by atoms with Crippen LogP contribution in [0.4, 0.5) is 5.69 Å². The van der Waals surface area contributed by atoms with Crippen LogP contribution in [0.5, 0.6) is 0 Å². The molecule has 2 amide bonds. The summed E-state index contributed by atoms with van der Waals surface area (Å²) in [4.78, 5) is 33.3. The minimum Gasteiger partial charge on any atom is -0.339 e. The Bertz CT molecular complexity index is 843. The highest BCUT2D eigenvalue weighted by molar-refractivity contribution is 7.09. The fraction of sp³-hybridized carbons (Fsp3) is 0.500. The lowest BCUT2D eigenvalue weighted by atomic mass is 9.95. The van der Waals surface area contributed by atoms with Crippen LogP contribution in [-0.4, -0.2) is 46.2 Å². The molecule has 2 heterocycles. The standard InChI is InChI=1S/C22H30N4O2S/c1-4-26(17(3)27)13-19-7-5-6-8-21(19)24-22(28)18-9-11-25(12-10-18)14-20-15-29-16(2)23-20/h5-8,15,18H,4,9-14H2,1-3H3,(H,24,28). The van der Waals surface area contributed by atoms with Crippen molar-refractivity contribution in [3.63, 3.8) is 0 Å². The number of benzene rings is 1. The van der Waals surface area contributed by atoms with Crippen LogP contribution in [0.1, 0.15) is 43.0 Å². The Morgan fingerprint density at radius 2 is 2.00 bits per heavy atom. The Labute approximate surface area is 176 Å². The molecular formula is C22H30N4O2S. The van der Waals surface area contributed by atoms with E-state index in [1.165, 1.54) is 0 Å². The van der Waals surface area contributed by atoms with Crippen LogP contribution in [0, 0.1) is 12.8 Å². The second-order valence-corrected chi connectivity index (χ2v) is 8.65. The van der Waals surface area contributed by atoms with Crippen molar-refractivity contribution in [3.8, 4) is 0 Å². The molecule has 1 aromatic carbocycles. The van der Waals surface area contributed by atoms with E-state index < -0.39 is 0 Å². The van der Waals surface area contributed by atoms with Crippen molar-refractivity contribution < 1.29 is 9.59 Å². The molecule has 0 spiro atoms. The lowest BCUT2D eigenvalue weighted by Crippen LogP contribution is -2.38. The Balaban J connectivity index is 1.55. The number of aryl methyl sites for hydroxylation is 1. The highest BCUT2D eigenvalue weighted by atomic mass is 32.1. The maximum atomic E-state index is 12.9. The van der Waals surface area contributed by atoms with Crippen LogP contribution >= 0.6 is 11.3 Å². The molecule has 0 saturated carbocycles. The van der Waals surface area contributed by atoms with Crippen LogP contribution in [0.15, 0.2) is 29.6 Å². The molecule has 0 unspecified atom stereocenters. The van der Waals surface area contributed by atoms with Gasteiger partial charge >= 0.3 is 0 Å².